The first-order valence-electron chi connectivity index (χ1n) is 12.4. The molecule has 0 aromatic carbocycles. The van der Waals surface area contributed by atoms with Gasteiger partial charge in [0, 0.05) is 5.41 Å². The Labute approximate surface area is 197 Å². The van der Waals surface area contributed by atoms with Gasteiger partial charge in [-0.25, -0.2) is 0 Å². The van der Waals surface area contributed by atoms with Crippen molar-refractivity contribution in [1.29, 1.82) is 0 Å². The van der Waals surface area contributed by atoms with Crippen molar-refractivity contribution in [3.8, 4) is 0 Å². The average molecular weight is 467 g/mol. The molecule has 1 heterocycles. The van der Waals surface area contributed by atoms with Gasteiger partial charge in [0.1, 0.15) is 24.4 Å². The molecule has 4 aliphatic rings. The van der Waals surface area contributed by atoms with E-state index in [0.29, 0.717) is 12.3 Å². The largest absolute Gasteiger partial charge is 0.394 e. The van der Waals surface area contributed by atoms with Gasteiger partial charge in [-0.2, -0.15) is 0 Å². The third-order valence-corrected chi connectivity index (χ3v) is 9.68. The highest BCUT2D eigenvalue weighted by atomic mass is 16.7. The molecule has 3 fully saturated rings. The van der Waals surface area contributed by atoms with E-state index >= 15 is 0 Å². The molecule has 1 saturated heterocycles. The van der Waals surface area contributed by atoms with Gasteiger partial charge in [-0.05, 0) is 61.2 Å². The minimum atomic E-state index is -1.48. The number of hydrogen-bond donors (Lipinski definition) is 5. The molecule has 0 aromatic heterocycles. The lowest BCUT2D eigenvalue weighted by molar-refractivity contribution is -0.312. The van der Waals surface area contributed by atoms with E-state index in [1.165, 1.54) is 5.57 Å². The fourth-order valence-electron chi connectivity index (χ4n) is 7.30. The Bertz CT molecular complexity index is 768. The summed E-state index contributed by atoms with van der Waals surface area (Å²) < 4.78 is 11.5. The summed E-state index contributed by atoms with van der Waals surface area (Å²) in [6.07, 6.45) is 3.17. The van der Waals surface area contributed by atoms with Crippen molar-refractivity contribution >= 4 is 0 Å². The zero-order valence-electron chi connectivity index (χ0n) is 20.2. The molecule has 11 atom stereocenters. The highest BCUT2D eigenvalue weighted by molar-refractivity contribution is 5.25. The van der Waals surface area contributed by atoms with Gasteiger partial charge < -0.3 is 35.0 Å². The van der Waals surface area contributed by atoms with Crippen LogP contribution in [0, 0.1) is 28.1 Å². The number of rotatable bonds is 5. The topological polar surface area (TPSA) is 120 Å². The van der Waals surface area contributed by atoms with E-state index in [9.17, 15) is 25.5 Å². The van der Waals surface area contributed by atoms with E-state index < -0.39 is 48.8 Å². The molecule has 0 amide bonds. The van der Waals surface area contributed by atoms with Crippen LogP contribution in [0.2, 0.25) is 0 Å². The van der Waals surface area contributed by atoms with E-state index in [4.69, 9.17) is 9.47 Å². The quantitative estimate of drug-likeness (QED) is 0.393. The minimum Gasteiger partial charge on any atom is -0.394 e. The summed E-state index contributed by atoms with van der Waals surface area (Å²) in [6.45, 7) is 10.4. The maximum Gasteiger partial charge on any atom is 0.186 e. The van der Waals surface area contributed by atoms with E-state index in [-0.39, 0.29) is 23.4 Å². The molecule has 3 aliphatic carbocycles. The first-order valence-corrected chi connectivity index (χ1v) is 12.4. The summed E-state index contributed by atoms with van der Waals surface area (Å²) in [5.41, 5.74) is 1.15. The third kappa shape index (κ3) is 4.14. The van der Waals surface area contributed by atoms with Crippen LogP contribution in [0.5, 0.6) is 0 Å². The lowest BCUT2D eigenvalue weighted by Gasteiger charge is -2.61. The fourth-order valence-corrected chi connectivity index (χ4v) is 7.30. The van der Waals surface area contributed by atoms with Gasteiger partial charge in [0.2, 0.25) is 0 Å². The predicted octanol–water partition coefficient (Wildman–Crippen LogP) is 1.91. The van der Waals surface area contributed by atoms with E-state index in [1.807, 2.05) is 0 Å². The maximum absolute atomic E-state index is 11.1. The van der Waals surface area contributed by atoms with Crippen LogP contribution >= 0.6 is 0 Å². The Morgan fingerprint density at radius 2 is 1.82 bits per heavy atom. The average Bonchev–Trinajstić information content (AvgIpc) is 2.80. The van der Waals surface area contributed by atoms with Gasteiger partial charge in [0.05, 0.1) is 19.3 Å². The molecular weight excluding hydrogens is 424 g/mol. The zero-order valence-corrected chi connectivity index (χ0v) is 20.2. The standard InChI is InChI=1S/C26H42O7/c1-5-24(2)10-8-16-15(12-24)6-7-18-25(16,3)11-9-19(28)26(18,4)14-32-23-22(31)21(30)20(29)17(13-27)33-23/h5-6,16-23,27-31H,1,7-14H2,2-4H3/t16?,17?,18?,19-,20+,21?,22?,23+,24-,25+,26+/m0/s1. The van der Waals surface area contributed by atoms with Gasteiger partial charge in [0.25, 0.3) is 0 Å². The Hall–Kier alpha value is -0.800. The molecule has 2 saturated carbocycles. The van der Waals surface area contributed by atoms with Crippen molar-refractivity contribution in [1.82, 2.24) is 0 Å². The second-order valence-electron chi connectivity index (χ2n) is 11.8. The van der Waals surface area contributed by atoms with Gasteiger partial charge in [0.15, 0.2) is 6.29 Å². The number of allylic oxidation sites excluding steroid dienone is 3. The second-order valence-corrected chi connectivity index (χ2v) is 11.8. The summed E-state index contributed by atoms with van der Waals surface area (Å²) in [6, 6.07) is 0. The monoisotopic (exact) mass is 466 g/mol. The molecule has 33 heavy (non-hydrogen) atoms. The molecule has 4 rings (SSSR count). The molecule has 188 valence electrons. The Morgan fingerprint density at radius 1 is 1.09 bits per heavy atom. The molecule has 7 nitrogen and oxygen atoms in total. The normalized spacial score (nSPS) is 52.4. The molecule has 0 spiro atoms. The summed E-state index contributed by atoms with van der Waals surface area (Å²) in [5, 5.41) is 51.1. The molecule has 0 bridgehead atoms. The van der Waals surface area contributed by atoms with Gasteiger partial charge >= 0.3 is 0 Å². The van der Waals surface area contributed by atoms with E-state index in [2.05, 4.69) is 39.5 Å². The smallest absolute Gasteiger partial charge is 0.186 e. The van der Waals surface area contributed by atoms with Crippen LogP contribution in [-0.2, 0) is 9.47 Å². The van der Waals surface area contributed by atoms with Crippen LogP contribution in [0.25, 0.3) is 0 Å². The Kier molecular flexibility index (Phi) is 6.91. The summed E-state index contributed by atoms with van der Waals surface area (Å²) in [7, 11) is 0. The third-order valence-electron chi connectivity index (χ3n) is 9.68. The van der Waals surface area contributed by atoms with Gasteiger partial charge in [-0.15, -0.1) is 6.58 Å². The molecule has 1 aliphatic heterocycles. The maximum atomic E-state index is 11.1. The van der Waals surface area contributed by atoms with Crippen LogP contribution in [0.15, 0.2) is 24.3 Å². The molecular formula is C26H42O7. The van der Waals surface area contributed by atoms with Crippen molar-refractivity contribution in [3.63, 3.8) is 0 Å². The summed E-state index contributed by atoms with van der Waals surface area (Å²) in [5.74, 6) is 0.670. The first kappa shape index (κ1) is 25.3. The van der Waals surface area contributed by atoms with Crippen LogP contribution in [-0.4, -0.2) is 75.6 Å². The highest BCUT2D eigenvalue weighted by Gasteiger charge is 2.59. The first-order chi connectivity index (χ1) is 15.5. The van der Waals surface area contributed by atoms with Crippen molar-refractivity contribution in [2.24, 2.45) is 28.1 Å². The minimum absolute atomic E-state index is 0.0410. The van der Waals surface area contributed by atoms with Gasteiger partial charge in [-0.3, -0.25) is 0 Å². The lowest BCUT2D eigenvalue weighted by Crippen LogP contribution is -2.61. The Morgan fingerprint density at radius 3 is 2.48 bits per heavy atom. The molecule has 0 aromatic rings. The molecule has 5 unspecified atom stereocenters. The summed E-state index contributed by atoms with van der Waals surface area (Å²) in [4.78, 5) is 0. The fraction of sp³-hybridized carbons (Fsp3) is 0.846. The van der Waals surface area contributed by atoms with E-state index in [1.54, 1.807) is 0 Å². The summed E-state index contributed by atoms with van der Waals surface area (Å²) >= 11 is 0. The van der Waals surface area contributed by atoms with Crippen LogP contribution in [0.4, 0.5) is 0 Å². The second kappa shape index (κ2) is 9.01. The highest BCUT2D eigenvalue weighted by Crippen LogP contribution is 2.63. The van der Waals surface area contributed by atoms with Crippen LogP contribution in [0.3, 0.4) is 0 Å². The van der Waals surface area contributed by atoms with Crippen LogP contribution in [0.1, 0.15) is 59.3 Å². The van der Waals surface area contributed by atoms with Crippen LogP contribution < -0.4 is 0 Å². The van der Waals surface area contributed by atoms with Crippen molar-refractivity contribution in [2.45, 2.75) is 96.1 Å². The predicted molar refractivity (Wildman–Crippen MR) is 123 cm³/mol. The number of aliphatic hydroxyl groups is 5. The van der Waals surface area contributed by atoms with Gasteiger partial charge in [-0.1, -0.05) is 38.5 Å². The molecule has 5 N–H and O–H groups in total. The molecule has 0 radical (unpaired) electrons. The van der Waals surface area contributed by atoms with E-state index in [0.717, 1.165) is 32.1 Å². The zero-order chi connectivity index (χ0) is 24.2. The SMILES string of the molecule is C=C[C@@]1(C)CCC2C(=CCC3[C@]2(C)CC[C@H](O)[C@]3(C)CO[C@@H]2OC(CO)[C@@H](O)C(O)C2O)C1. The number of fused-ring (bicyclic) bond motifs is 3. The number of aliphatic hydroxyl groups excluding tert-OH is 5. The van der Waals surface area contributed by atoms with Crippen molar-refractivity contribution in [2.75, 3.05) is 13.2 Å². The Balaban J connectivity index is 1.54. The molecule has 7 heteroatoms. The number of ether oxygens (including phenoxy) is 2. The van der Waals surface area contributed by atoms with Crippen molar-refractivity contribution < 1.29 is 35.0 Å². The number of hydrogen-bond acceptors (Lipinski definition) is 7. The lowest BCUT2D eigenvalue weighted by atomic mass is 9.45. The van der Waals surface area contributed by atoms with Crippen molar-refractivity contribution in [3.05, 3.63) is 24.3 Å².